The molecule has 0 radical (unpaired) electrons. The summed E-state index contributed by atoms with van der Waals surface area (Å²) in [6.45, 7) is 5.21. The number of aliphatic imine (C=N–C) groups is 1. The number of methoxy groups -OCH3 is 1. The minimum Gasteiger partial charge on any atom is -0.490 e. The highest BCUT2D eigenvalue weighted by molar-refractivity contribution is 5.80. The molecule has 0 N–H and O–H groups in total. The predicted molar refractivity (Wildman–Crippen MR) is 72.4 cm³/mol. The molecule has 4 heteroatoms. The van der Waals surface area contributed by atoms with Crippen molar-refractivity contribution >= 4 is 17.6 Å². The first-order chi connectivity index (χ1) is 8.83. The summed E-state index contributed by atoms with van der Waals surface area (Å²) in [5.74, 6) is 0.753. The predicted octanol–water partition coefficient (Wildman–Crippen LogP) is 2.46. The topological polar surface area (TPSA) is 43.7 Å². The van der Waals surface area contributed by atoms with Gasteiger partial charge in [-0.05, 0) is 30.5 Å². The van der Waals surface area contributed by atoms with Gasteiger partial charge < -0.3 is 9.47 Å². The molecule has 94 valence electrons. The van der Waals surface area contributed by atoms with Gasteiger partial charge in [0, 0.05) is 12.5 Å². The molecule has 0 aliphatic rings. The second-order valence-corrected chi connectivity index (χ2v) is 3.92. The Kier molecular flexibility index (Phi) is 4.25. The summed E-state index contributed by atoms with van der Waals surface area (Å²) in [5.41, 5.74) is 2.07. The second kappa shape index (κ2) is 6.12. The van der Waals surface area contributed by atoms with E-state index in [9.17, 15) is 0 Å². The first-order valence-corrected chi connectivity index (χ1v) is 5.76. The van der Waals surface area contributed by atoms with Crippen molar-refractivity contribution in [3.05, 3.63) is 36.0 Å². The smallest absolute Gasteiger partial charge is 0.138 e. The van der Waals surface area contributed by atoms with Crippen molar-refractivity contribution in [3.8, 4) is 5.75 Å². The Labute approximate surface area is 106 Å². The highest BCUT2D eigenvalue weighted by Gasteiger charge is 2.00. The largest absolute Gasteiger partial charge is 0.490 e. The lowest BCUT2D eigenvalue weighted by Crippen LogP contribution is -2.04. The fraction of sp³-hybridized carbons (Fsp3) is 0.286. The average Bonchev–Trinajstić information content (AvgIpc) is 2.39. The van der Waals surface area contributed by atoms with E-state index < -0.39 is 0 Å². The molecule has 2 rings (SSSR count). The Bertz CT molecular complexity index is 540. The maximum Gasteiger partial charge on any atom is 0.138 e. The molecule has 0 saturated heterocycles. The number of rotatable bonds is 6. The van der Waals surface area contributed by atoms with Gasteiger partial charge in [0.05, 0.1) is 24.9 Å². The summed E-state index contributed by atoms with van der Waals surface area (Å²) in [4.78, 5) is 8.23. The van der Waals surface area contributed by atoms with Crippen LogP contribution in [0.5, 0.6) is 5.75 Å². The quantitative estimate of drug-likeness (QED) is 0.579. The summed E-state index contributed by atoms with van der Waals surface area (Å²) < 4.78 is 10.5. The number of ether oxygens (including phenoxy) is 2. The number of benzene rings is 1. The SMILES string of the molecule is C=NCc1ccc2ncc(OCCOC)cc2c1. The lowest BCUT2D eigenvalue weighted by molar-refractivity contribution is 0.146. The molecule has 2 aromatic rings. The molecule has 0 saturated carbocycles. The van der Waals surface area contributed by atoms with Gasteiger partial charge in [-0.1, -0.05) is 6.07 Å². The van der Waals surface area contributed by atoms with Crippen molar-refractivity contribution in [1.82, 2.24) is 4.98 Å². The van der Waals surface area contributed by atoms with Crippen LogP contribution in [0.1, 0.15) is 5.56 Å². The molecule has 1 aromatic heterocycles. The van der Waals surface area contributed by atoms with E-state index in [0.29, 0.717) is 19.8 Å². The fourth-order valence-electron chi connectivity index (χ4n) is 1.71. The number of hydrogen-bond acceptors (Lipinski definition) is 4. The van der Waals surface area contributed by atoms with E-state index in [4.69, 9.17) is 9.47 Å². The second-order valence-electron chi connectivity index (χ2n) is 3.92. The van der Waals surface area contributed by atoms with Crippen molar-refractivity contribution in [2.45, 2.75) is 6.54 Å². The number of hydrogen-bond donors (Lipinski definition) is 0. The number of pyridine rings is 1. The molecule has 0 bridgehead atoms. The molecule has 0 spiro atoms. The van der Waals surface area contributed by atoms with Gasteiger partial charge in [-0.15, -0.1) is 0 Å². The Morgan fingerprint density at radius 1 is 1.28 bits per heavy atom. The standard InChI is InChI=1S/C14H16N2O2/c1-15-9-11-3-4-14-12(7-11)8-13(10-16-14)18-6-5-17-2/h3-4,7-8,10H,1,5-6,9H2,2H3. The van der Waals surface area contributed by atoms with Crippen molar-refractivity contribution < 1.29 is 9.47 Å². The van der Waals surface area contributed by atoms with Crippen LogP contribution in [0, 0.1) is 0 Å². The van der Waals surface area contributed by atoms with Crippen LogP contribution in [0.3, 0.4) is 0 Å². The molecule has 0 aliphatic carbocycles. The summed E-state index contributed by atoms with van der Waals surface area (Å²) >= 11 is 0. The fourth-order valence-corrected chi connectivity index (χ4v) is 1.71. The van der Waals surface area contributed by atoms with Gasteiger partial charge in [-0.3, -0.25) is 9.98 Å². The lowest BCUT2D eigenvalue weighted by Gasteiger charge is -2.06. The van der Waals surface area contributed by atoms with Crippen molar-refractivity contribution in [1.29, 1.82) is 0 Å². The third kappa shape index (κ3) is 3.05. The van der Waals surface area contributed by atoms with Gasteiger partial charge in [0.25, 0.3) is 0 Å². The highest BCUT2D eigenvalue weighted by Crippen LogP contribution is 2.20. The van der Waals surface area contributed by atoms with E-state index >= 15 is 0 Å². The van der Waals surface area contributed by atoms with Crippen LogP contribution >= 0.6 is 0 Å². The molecule has 0 amide bonds. The number of nitrogens with zero attached hydrogens (tertiary/aromatic N) is 2. The molecule has 18 heavy (non-hydrogen) atoms. The number of fused-ring (bicyclic) bond motifs is 1. The van der Waals surface area contributed by atoms with Crippen LogP contribution < -0.4 is 4.74 Å². The maximum absolute atomic E-state index is 5.53. The molecule has 0 atom stereocenters. The third-order valence-electron chi connectivity index (χ3n) is 2.57. The van der Waals surface area contributed by atoms with Gasteiger partial charge in [-0.25, -0.2) is 0 Å². The normalized spacial score (nSPS) is 10.5. The molecule has 1 aromatic carbocycles. The summed E-state index contributed by atoms with van der Waals surface area (Å²) in [6, 6.07) is 8.02. The van der Waals surface area contributed by atoms with E-state index in [1.165, 1.54) is 0 Å². The molecule has 0 fully saturated rings. The molecule has 4 nitrogen and oxygen atoms in total. The maximum atomic E-state index is 5.53. The van der Waals surface area contributed by atoms with E-state index in [2.05, 4.69) is 22.8 Å². The van der Waals surface area contributed by atoms with Crippen LogP contribution in [0.2, 0.25) is 0 Å². The summed E-state index contributed by atoms with van der Waals surface area (Å²) in [6.07, 6.45) is 1.73. The van der Waals surface area contributed by atoms with Crippen LogP contribution in [0.15, 0.2) is 35.5 Å². The Morgan fingerprint density at radius 2 is 2.17 bits per heavy atom. The molecule has 0 unspecified atom stereocenters. The lowest BCUT2D eigenvalue weighted by atomic mass is 10.1. The van der Waals surface area contributed by atoms with E-state index in [-0.39, 0.29) is 0 Å². The van der Waals surface area contributed by atoms with Crippen LogP contribution in [0.4, 0.5) is 0 Å². The van der Waals surface area contributed by atoms with E-state index in [1.807, 2.05) is 18.2 Å². The first-order valence-electron chi connectivity index (χ1n) is 5.76. The van der Waals surface area contributed by atoms with E-state index in [1.54, 1.807) is 13.3 Å². The van der Waals surface area contributed by atoms with E-state index in [0.717, 1.165) is 22.2 Å². The molecule has 0 aliphatic heterocycles. The molecular weight excluding hydrogens is 228 g/mol. The van der Waals surface area contributed by atoms with Crippen molar-refractivity contribution in [2.24, 2.45) is 4.99 Å². The minimum absolute atomic E-state index is 0.525. The van der Waals surface area contributed by atoms with Crippen LogP contribution in [-0.2, 0) is 11.3 Å². The number of aromatic nitrogens is 1. The highest BCUT2D eigenvalue weighted by atomic mass is 16.5. The zero-order valence-electron chi connectivity index (χ0n) is 10.4. The third-order valence-corrected chi connectivity index (χ3v) is 2.57. The van der Waals surface area contributed by atoms with Gasteiger partial charge in [0.2, 0.25) is 0 Å². The Hall–Kier alpha value is -1.94. The summed E-state index contributed by atoms with van der Waals surface area (Å²) in [5, 5.41) is 1.05. The Balaban J connectivity index is 2.21. The van der Waals surface area contributed by atoms with Crippen molar-refractivity contribution in [2.75, 3.05) is 20.3 Å². The Morgan fingerprint density at radius 3 is 2.94 bits per heavy atom. The molecular formula is C14H16N2O2. The zero-order chi connectivity index (χ0) is 12.8. The molecule has 1 heterocycles. The summed E-state index contributed by atoms with van der Waals surface area (Å²) in [7, 11) is 1.65. The zero-order valence-corrected chi connectivity index (χ0v) is 10.4. The van der Waals surface area contributed by atoms with Gasteiger partial charge in [0.1, 0.15) is 12.4 Å². The monoisotopic (exact) mass is 244 g/mol. The van der Waals surface area contributed by atoms with Gasteiger partial charge in [-0.2, -0.15) is 0 Å². The average molecular weight is 244 g/mol. The van der Waals surface area contributed by atoms with Crippen LogP contribution in [-0.4, -0.2) is 32.0 Å². The van der Waals surface area contributed by atoms with Crippen molar-refractivity contribution in [3.63, 3.8) is 0 Å². The van der Waals surface area contributed by atoms with Crippen LogP contribution in [0.25, 0.3) is 10.9 Å². The minimum atomic E-state index is 0.525. The van der Waals surface area contributed by atoms with Gasteiger partial charge in [0.15, 0.2) is 0 Å². The van der Waals surface area contributed by atoms with Gasteiger partial charge >= 0.3 is 0 Å². The first kappa shape index (κ1) is 12.5.